The molecule has 0 spiro atoms. The molecule has 1 aliphatic rings. The summed E-state index contributed by atoms with van der Waals surface area (Å²) in [6, 6.07) is 2.53. The molecule has 0 saturated heterocycles. The molecule has 6 nitrogen and oxygen atoms in total. The quantitative estimate of drug-likeness (QED) is 0.858. The summed E-state index contributed by atoms with van der Waals surface area (Å²) in [5, 5.41) is 4.88. The number of hydrogen-bond acceptors (Lipinski definition) is 4. The Morgan fingerprint density at radius 2 is 1.90 bits per heavy atom. The van der Waals surface area contributed by atoms with Crippen LogP contribution in [0.5, 0.6) is 0 Å². The standard InChI is InChI=1S/C12H17FN2O4S2/c1-8-5-9(8)7-15(2)21(18,19)12-4-3-10(6-11(12)13)20(14,16)17/h3-4,6,8-9H,5,7H2,1-2H3,(H2,14,16,17). The lowest BCUT2D eigenvalue weighted by Gasteiger charge is -2.17. The van der Waals surface area contributed by atoms with Crippen LogP contribution in [0.1, 0.15) is 13.3 Å². The van der Waals surface area contributed by atoms with Crippen LogP contribution in [0.25, 0.3) is 0 Å². The lowest BCUT2D eigenvalue weighted by atomic mass is 10.3. The molecule has 2 unspecified atom stereocenters. The predicted molar refractivity (Wildman–Crippen MR) is 74.9 cm³/mol. The second-order valence-corrected chi connectivity index (χ2v) is 8.97. The fraction of sp³-hybridized carbons (Fsp3) is 0.500. The predicted octanol–water partition coefficient (Wildman–Crippen LogP) is 0.750. The molecule has 2 rings (SSSR count). The molecule has 0 aromatic heterocycles. The summed E-state index contributed by atoms with van der Waals surface area (Å²) < 4.78 is 61.9. The Morgan fingerprint density at radius 3 is 2.33 bits per heavy atom. The van der Waals surface area contributed by atoms with Crippen LogP contribution < -0.4 is 5.14 Å². The Labute approximate surface area is 123 Å². The minimum absolute atomic E-state index is 0.288. The number of benzene rings is 1. The van der Waals surface area contributed by atoms with E-state index in [1.54, 1.807) is 0 Å². The summed E-state index contributed by atoms with van der Waals surface area (Å²) in [4.78, 5) is -1.01. The van der Waals surface area contributed by atoms with Crippen LogP contribution in [0.2, 0.25) is 0 Å². The molecule has 1 aliphatic carbocycles. The third-order valence-electron chi connectivity index (χ3n) is 3.69. The van der Waals surface area contributed by atoms with E-state index in [-0.39, 0.29) is 5.92 Å². The van der Waals surface area contributed by atoms with Crippen LogP contribution in [-0.2, 0) is 20.0 Å². The van der Waals surface area contributed by atoms with Crippen molar-refractivity contribution in [3.63, 3.8) is 0 Å². The SMILES string of the molecule is CC1CC1CN(C)S(=O)(=O)c1ccc(S(N)(=O)=O)cc1F. The highest BCUT2D eigenvalue weighted by molar-refractivity contribution is 7.89. The minimum atomic E-state index is -4.07. The monoisotopic (exact) mass is 336 g/mol. The molecular formula is C12H17FN2O4S2. The van der Waals surface area contributed by atoms with Crippen LogP contribution in [0.3, 0.4) is 0 Å². The summed E-state index contributed by atoms with van der Waals surface area (Å²) in [6.07, 6.45) is 0.951. The van der Waals surface area contributed by atoms with Gasteiger partial charge in [0.25, 0.3) is 0 Å². The van der Waals surface area contributed by atoms with Gasteiger partial charge in [-0.25, -0.2) is 30.7 Å². The van der Waals surface area contributed by atoms with Crippen molar-refractivity contribution in [3.8, 4) is 0 Å². The van der Waals surface area contributed by atoms with E-state index in [0.29, 0.717) is 18.5 Å². The summed E-state index contributed by atoms with van der Waals surface area (Å²) in [7, 11) is -6.68. The Bertz CT molecular complexity index is 761. The fourth-order valence-corrected chi connectivity index (χ4v) is 3.91. The second kappa shape index (κ2) is 5.31. The smallest absolute Gasteiger partial charge is 0.225 e. The van der Waals surface area contributed by atoms with E-state index < -0.39 is 35.7 Å². The summed E-state index contributed by atoms with van der Waals surface area (Å²) in [5.41, 5.74) is 0. The molecule has 1 fully saturated rings. The maximum atomic E-state index is 13.9. The first-order valence-corrected chi connectivity index (χ1v) is 9.31. The number of nitrogens with zero attached hydrogens (tertiary/aromatic N) is 1. The molecule has 0 radical (unpaired) electrons. The summed E-state index contributed by atoms with van der Waals surface area (Å²) in [6.45, 7) is 2.34. The molecule has 0 amide bonds. The normalized spacial score (nSPS) is 22.5. The van der Waals surface area contributed by atoms with Gasteiger partial charge in [-0.05, 0) is 36.5 Å². The summed E-state index contributed by atoms with van der Waals surface area (Å²) in [5.74, 6) is -0.369. The van der Waals surface area contributed by atoms with Crippen LogP contribution in [0.4, 0.5) is 4.39 Å². The molecule has 0 bridgehead atoms. The van der Waals surface area contributed by atoms with Gasteiger partial charge in [0.05, 0.1) is 4.90 Å². The van der Waals surface area contributed by atoms with Gasteiger partial charge >= 0.3 is 0 Å². The third kappa shape index (κ3) is 3.42. The van der Waals surface area contributed by atoms with Crippen LogP contribution in [0.15, 0.2) is 28.0 Å². The summed E-state index contributed by atoms with van der Waals surface area (Å²) >= 11 is 0. The van der Waals surface area contributed by atoms with E-state index in [1.165, 1.54) is 7.05 Å². The van der Waals surface area contributed by atoms with E-state index in [1.807, 2.05) is 6.92 Å². The van der Waals surface area contributed by atoms with Gasteiger partial charge < -0.3 is 0 Å². The van der Waals surface area contributed by atoms with E-state index in [9.17, 15) is 21.2 Å². The van der Waals surface area contributed by atoms with Crippen molar-refractivity contribution in [2.24, 2.45) is 17.0 Å². The van der Waals surface area contributed by atoms with Gasteiger partial charge in [0.15, 0.2) is 0 Å². The number of sulfonamides is 2. The molecule has 0 heterocycles. The maximum absolute atomic E-state index is 13.9. The van der Waals surface area contributed by atoms with E-state index in [2.05, 4.69) is 0 Å². The number of rotatable bonds is 5. The zero-order chi connectivity index (χ0) is 16.0. The molecule has 2 N–H and O–H groups in total. The highest BCUT2D eigenvalue weighted by Crippen LogP contribution is 2.38. The molecule has 1 saturated carbocycles. The van der Waals surface area contributed by atoms with E-state index >= 15 is 0 Å². The third-order valence-corrected chi connectivity index (χ3v) is 6.46. The molecular weight excluding hydrogens is 319 g/mol. The Hall–Kier alpha value is -1.03. The van der Waals surface area contributed by atoms with Crippen molar-refractivity contribution in [1.29, 1.82) is 0 Å². The van der Waals surface area contributed by atoms with Gasteiger partial charge in [0.1, 0.15) is 10.7 Å². The van der Waals surface area contributed by atoms with E-state index in [4.69, 9.17) is 5.14 Å². The van der Waals surface area contributed by atoms with Crippen LogP contribution in [0, 0.1) is 17.7 Å². The highest BCUT2D eigenvalue weighted by Gasteiger charge is 2.36. The lowest BCUT2D eigenvalue weighted by Crippen LogP contribution is -2.30. The van der Waals surface area contributed by atoms with Crippen LogP contribution >= 0.6 is 0 Å². The van der Waals surface area contributed by atoms with Gasteiger partial charge in [0, 0.05) is 13.6 Å². The van der Waals surface area contributed by atoms with Crippen molar-refractivity contribution < 1.29 is 21.2 Å². The Morgan fingerprint density at radius 1 is 1.33 bits per heavy atom. The molecule has 118 valence electrons. The molecule has 1 aromatic rings. The Kier molecular flexibility index (Phi) is 4.13. The van der Waals surface area contributed by atoms with Gasteiger partial charge in [-0.15, -0.1) is 0 Å². The minimum Gasteiger partial charge on any atom is -0.225 e. The van der Waals surface area contributed by atoms with Crippen molar-refractivity contribution in [2.45, 2.75) is 23.1 Å². The molecule has 21 heavy (non-hydrogen) atoms. The molecule has 2 atom stereocenters. The molecule has 1 aromatic carbocycles. The highest BCUT2D eigenvalue weighted by atomic mass is 32.2. The zero-order valence-electron chi connectivity index (χ0n) is 11.7. The maximum Gasteiger partial charge on any atom is 0.245 e. The van der Waals surface area contributed by atoms with Crippen molar-refractivity contribution in [2.75, 3.05) is 13.6 Å². The van der Waals surface area contributed by atoms with E-state index in [0.717, 1.165) is 22.9 Å². The topological polar surface area (TPSA) is 97.5 Å². The molecule has 0 aliphatic heterocycles. The largest absolute Gasteiger partial charge is 0.245 e. The zero-order valence-corrected chi connectivity index (χ0v) is 13.3. The fourth-order valence-electron chi connectivity index (χ4n) is 2.12. The second-order valence-electron chi connectivity index (χ2n) is 5.40. The first kappa shape index (κ1) is 16.3. The first-order valence-electron chi connectivity index (χ1n) is 6.32. The first-order chi connectivity index (χ1) is 9.53. The van der Waals surface area contributed by atoms with Gasteiger partial charge in [-0.3, -0.25) is 0 Å². The van der Waals surface area contributed by atoms with Gasteiger partial charge in [-0.1, -0.05) is 6.92 Å². The van der Waals surface area contributed by atoms with Crippen molar-refractivity contribution in [1.82, 2.24) is 4.31 Å². The number of halogens is 1. The lowest BCUT2D eigenvalue weighted by molar-refractivity contribution is 0.439. The van der Waals surface area contributed by atoms with Crippen LogP contribution in [-0.4, -0.2) is 34.7 Å². The number of nitrogens with two attached hydrogens (primary N) is 1. The average molecular weight is 336 g/mol. The number of hydrogen-bond donors (Lipinski definition) is 1. The Balaban J connectivity index is 2.32. The van der Waals surface area contributed by atoms with Gasteiger partial charge in [0.2, 0.25) is 20.0 Å². The van der Waals surface area contributed by atoms with Crippen molar-refractivity contribution in [3.05, 3.63) is 24.0 Å². The van der Waals surface area contributed by atoms with Crippen molar-refractivity contribution >= 4 is 20.0 Å². The average Bonchev–Trinajstić information content (AvgIpc) is 3.03. The number of primary sulfonamides is 1. The molecule has 9 heteroatoms. The van der Waals surface area contributed by atoms with Gasteiger partial charge in [-0.2, -0.15) is 0 Å².